The second-order valence-corrected chi connectivity index (χ2v) is 10.2. The molecular weight excluding hydrogens is 460 g/mol. The van der Waals surface area contributed by atoms with Crippen LogP contribution in [0.1, 0.15) is 23.1 Å². The quantitative estimate of drug-likeness (QED) is 0.383. The van der Waals surface area contributed by atoms with Gasteiger partial charge in [-0.25, -0.2) is 4.99 Å². The minimum absolute atomic E-state index is 0.655. The van der Waals surface area contributed by atoms with Crippen LogP contribution in [0.3, 0.4) is 0 Å². The summed E-state index contributed by atoms with van der Waals surface area (Å²) in [5.41, 5.74) is 15.5. The second-order valence-electron chi connectivity index (χ2n) is 10.2. The Labute approximate surface area is 220 Å². The molecule has 37 heavy (non-hydrogen) atoms. The molecule has 0 bridgehead atoms. The maximum absolute atomic E-state index is 6.04. The van der Waals surface area contributed by atoms with Crippen molar-refractivity contribution >= 4 is 23.0 Å². The molecule has 0 radical (unpaired) electrons. The van der Waals surface area contributed by atoms with Crippen LogP contribution in [0.4, 0.5) is 17.1 Å². The Bertz CT molecular complexity index is 1260. The standard InChI is InChI=1S/C30H38N6O/c1-21-8-5-9-22(2)28(21)24-18-23(3)29-27(19-24)33-34-30(32-29)31-25-10-6-11-26(20-25)37-17-7-12-36-15-13-35(4)14-16-36/h5-6,8-11,18-20,33H,7,12-17H2,1-4H3,(H2,31,32,34). The monoisotopic (exact) mass is 498 g/mol. The number of hydrogen-bond donors (Lipinski definition) is 3. The van der Waals surface area contributed by atoms with Crippen molar-refractivity contribution in [3.05, 3.63) is 71.3 Å². The molecule has 3 aromatic rings. The number of anilines is 2. The number of likely N-dealkylation sites (N-methyl/N-ethyl adjacent to an activating group) is 1. The lowest BCUT2D eigenvalue weighted by Crippen LogP contribution is -2.44. The van der Waals surface area contributed by atoms with E-state index in [0.29, 0.717) is 12.6 Å². The van der Waals surface area contributed by atoms with Crippen molar-refractivity contribution < 1.29 is 4.74 Å². The van der Waals surface area contributed by atoms with Gasteiger partial charge in [0.05, 0.1) is 18.0 Å². The first kappa shape index (κ1) is 25.1. The van der Waals surface area contributed by atoms with Crippen LogP contribution < -0.4 is 20.9 Å². The van der Waals surface area contributed by atoms with E-state index in [4.69, 9.17) is 9.73 Å². The molecular formula is C30H38N6O. The summed E-state index contributed by atoms with van der Waals surface area (Å²) in [4.78, 5) is 9.77. The van der Waals surface area contributed by atoms with Crippen molar-refractivity contribution in [1.29, 1.82) is 0 Å². The van der Waals surface area contributed by atoms with Gasteiger partial charge in [-0.05, 0) is 86.3 Å². The number of aliphatic imine (C=N–C) groups is 1. The number of hydrazine groups is 1. The van der Waals surface area contributed by atoms with Crippen molar-refractivity contribution in [1.82, 2.24) is 15.2 Å². The fourth-order valence-electron chi connectivity index (χ4n) is 5.11. The van der Waals surface area contributed by atoms with E-state index in [0.717, 1.165) is 67.5 Å². The highest BCUT2D eigenvalue weighted by Gasteiger charge is 2.17. The topological polar surface area (TPSA) is 64.2 Å². The minimum atomic E-state index is 0.655. The average Bonchev–Trinajstić information content (AvgIpc) is 2.88. The van der Waals surface area contributed by atoms with E-state index in [2.05, 4.69) is 84.1 Å². The zero-order valence-corrected chi connectivity index (χ0v) is 22.4. The van der Waals surface area contributed by atoms with Gasteiger partial charge in [-0.15, -0.1) is 0 Å². The molecule has 2 aliphatic heterocycles. The van der Waals surface area contributed by atoms with Gasteiger partial charge in [-0.2, -0.15) is 0 Å². The fourth-order valence-corrected chi connectivity index (χ4v) is 5.11. The first-order valence-electron chi connectivity index (χ1n) is 13.2. The Morgan fingerprint density at radius 3 is 2.43 bits per heavy atom. The van der Waals surface area contributed by atoms with Gasteiger partial charge in [0.25, 0.3) is 0 Å². The third-order valence-electron chi connectivity index (χ3n) is 7.19. The Kier molecular flexibility index (Phi) is 7.63. The van der Waals surface area contributed by atoms with Gasteiger partial charge in [0, 0.05) is 44.5 Å². The molecule has 0 atom stereocenters. The van der Waals surface area contributed by atoms with Crippen molar-refractivity contribution in [2.24, 2.45) is 4.99 Å². The van der Waals surface area contributed by atoms with Crippen LogP contribution >= 0.6 is 0 Å². The average molecular weight is 499 g/mol. The molecule has 2 heterocycles. The lowest BCUT2D eigenvalue weighted by Gasteiger charge is -2.32. The summed E-state index contributed by atoms with van der Waals surface area (Å²) < 4.78 is 6.04. The van der Waals surface area contributed by atoms with E-state index >= 15 is 0 Å². The van der Waals surface area contributed by atoms with Crippen LogP contribution in [0.15, 0.2) is 59.6 Å². The molecule has 3 aromatic carbocycles. The number of aryl methyl sites for hydroxylation is 3. The second kappa shape index (κ2) is 11.2. The first-order chi connectivity index (χ1) is 18.0. The molecule has 7 heteroatoms. The number of nitrogens with zero attached hydrogens (tertiary/aromatic N) is 3. The van der Waals surface area contributed by atoms with E-state index < -0.39 is 0 Å². The van der Waals surface area contributed by atoms with Gasteiger partial charge in [0.2, 0.25) is 5.96 Å². The van der Waals surface area contributed by atoms with E-state index in [9.17, 15) is 0 Å². The highest BCUT2D eigenvalue weighted by atomic mass is 16.5. The molecule has 0 amide bonds. The molecule has 2 aliphatic rings. The number of benzene rings is 3. The van der Waals surface area contributed by atoms with Gasteiger partial charge in [-0.3, -0.25) is 10.9 Å². The highest BCUT2D eigenvalue weighted by molar-refractivity contribution is 6.00. The first-order valence-corrected chi connectivity index (χ1v) is 13.2. The summed E-state index contributed by atoms with van der Waals surface area (Å²) in [5.74, 6) is 1.52. The van der Waals surface area contributed by atoms with Crippen LogP contribution in [0.5, 0.6) is 5.75 Å². The number of ether oxygens (including phenoxy) is 1. The van der Waals surface area contributed by atoms with E-state index in [-0.39, 0.29) is 0 Å². The van der Waals surface area contributed by atoms with Crippen molar-refractivity contribution in [3.8, 4) is 16.9 Å². The molecule has 3 N–H and O–H groups in total. The fraction of sp³-hybridized carbons (Fsp3) is 0.367. The lowest BCUT2D eigenvalue weighted by molar-refractivity contribution is 0.145. The number of hydrogen-bond acceptors (Lipinski definition) is 7. The molecule has 0 aromatic heterocycles. The highest BCUT2D eigenvalue weighted by Crippen LogP contribution is 2.37. The molecule has 7 nitrogen and oxygen atoms in total. The summed E-state index contributed by atoms with van der Waals surface area (Å²) in [5, 5.41) is 3.38. The van der Waals surface area contributed by atoms with Crippen LogP contribution in [0.25, 0.3) is 11.1 Å². The zero-order chi connectivity index (χ0) is 25.8. The third kappa shape index (κ3) is 6.06. The Balaban J connectivity index is 1.21. The summed E-state index contributed by atoms with van der Waals surface area (Å²) in [6, 6.07) is 18.9. The smallest absolute Gasteiger partial charge is 0.220 e. The summed E-state index contributed by atoms with van der Waals surface area (Å²) in [7, 11) is 2.19. The molecule has 1 saturated heterocycles. The number of guanidine groups is 1. The Morgan fingerprint density at radius 2 is 1.65 bits per heavy atom. The van der Waals surface area contributed by atoms with Crippen molar-refractivity contribution in [2.45, 2.75) is 27.2 Å². The van der Waals surface area contributed by atoms with Crippen LogP contribution in [0, 0.1) is 20.8 Å². The zero-order valence-electron chi connectivity index (χ0n) is 22.4. The molecule has 5 rings (SSSR count). The van der Waals surface area contributed by atoms with E-state index in [1.165, 1.54) is 22.3 Å². The Morgan fingerprint density at radius 1 is 0.892 bits per heavy atom. The molecule has 0 aliphatic carbocycles. The van der Waals surface area contributed by atoms with Gasteiger partial charge in [0.1, 0.15) is 5.75 Å². The normalized spacial score (nSPS) is 15.8. The summed E-state index contributed by atoms with van der Waals surface area (Å²) in [6.07, 6.45) is 1.03. The third-order valence-corrected chi connectivity index (χ3v) is 7.19. The largest absolute Gasteiger partial charge is 0.493 e. The van der Waals surface area contributed by atoms with Crippen molar-refractivity contribution in [2.75, 3.05) is 57.1 Å². The maximum atomic E-state index is 6.04. The number of piperazine rings is 1. The summed E-state index contributed by atoms with van der Waals surface area (Å²) >= 11 is 0. The molecule has 0 saturated carbocycles. The summed E-state index contributed by atoms with van der Waals surface area (Å²) in [6.45, 7) is 12.8. The van der Waals surface area contributed by atoms with Crippen LogP contribution in [0.2, 0.25) is 0 Å². The van der Waals surface area contributed by atoms with Gasteiger partial charge in [0.15, 0.2) is 0 Å². The predicted molar refractivity (Wildman–Crippen MR) is 154 cm³/mol. The minimum Gasteiger partial charge on any atom is -0.493 e. The molecule has 1 fully saturated rings. The SMILES string of the molecule is Cc1cc(-c2c(C)cccc2C)cc2c1N=C(Nc1cccc(OCCCN3CCN(C)CC3)c1)NN2. The number of rotatable bonds is 7. The van der Waals surface area contributed by atoms with Gasteiger partial charge in [-0.1, -0.05) is 24.3 Å². The maximum Gasteiger partial charge on any atom is 0.220 e. The van der Waals surface area contributed by atoms with Crippen LogP contribution in [-0.2, 0) is 0 Å². The van der Waals surface area contributed by atoms with Gasteiger partial charge < -0.3 is 19.9 Å². The molecule has 0 unspecified atom stereocenters. The van der Waals surface area contributed by atoms with Crippen LogP contribution in [-0.4, -0.2) is 62.1 Å². The van der Waals surface area contributed by atoms with E-state index in [1.54, 1.807) is 0 Å². The predicted octanol–water partition coefficient (Wildman–Crippen LogP) is 5.32. The van der Waals surface area contributed by atoms with Gasteiger partial charge >= 0.3 is 0 Å². The number of fused-ring (bicyclic) bond motifs is 1. The lowest BCUT2D eigenvalue weighted by atomic mass is 9.93. The Hall–Kier alpha value is -3.55. The molecule has 0 spiro atoms. The number of nitrogens with one attached hydrogen (secondary N) is 3. The molecule has 194 valence electrons. The van der Waals surface area contributed by atoms with E-state index in [1.807, 2.05) is 24.3 Å². The van der Waals surface area contributed by atoms with Crippen molar-refractivity contribution in [3.63, 3.8) is 0 Å².